The topological polar surface area (TPSA) is 166 Å². The molecule has 4 saturated carbocycles. The van der Waals surface area contributed by atoms with E-state index in [4.69, 9.17) is 20.9 Å². The zero-order valence-corrected chi connectivity index (χ0v) is 26.0. The van der Waals surface area contributed by atoms with Crippen molar-refractivity contribution < 1.29 is 32.3 Å². The van der Waals surface area contributed by atoms with E-state index in [1.165, 1.54) is 10.6 Å². The van der Waals surface area contributed by atoms with Gasteiger partial charge in [0.15, 0.2) is 0 Å². The number of carbonyl (C=O) groups is 3. The molecule has 6 bridgehead atoms. The number of anilines is 1. The monoisotopic (exact) mass is 629 g/mol. The SMILES string of the molecule is CS(=O)(=O)N1CCN(c2ccc(OC3CC4CCC(C3)N4C(=O)OC3C4CC5CC(C(N)=O)(C4)CC3(C(N)=O)C5)cc2)CC1. The Morgan fingerprint density at radius 2 is 1.55 bits per heavy atom. The number of amides is 3. The van der Waals surface area contributed by atoms with Crippen molar-refractivity contribution in [1.29, 1.82) is 0 Å². The van der Waals surface area contributed by atoms with Crippen molar-refractivity contribution in [2.75, 3.05) is 37.3 Å². The van der Waals surface area contributed by atoms with Gasteiger partial charge < -0.3 is 30.7 Å². The minimum Gasteiger partial charge on any atom is -0.490 e. The standard InChI is InChI=1S/C31H43N5O7S/c1-44(40,41)35-10-8-34(9-11-35)21-4-6-24(7-5-21)42-25-13-22-2-3-23(14-25)36(22)29(39)43-26-20-12-19-15-30(17-20,27(32)37)18-31(26,16-19)28(33)38/h4-7,19-20,22-23,25-26H,2-3,8-18H2,1H3,(H2,32,37)(H2,33,38). The molecule has 240 valence electrons. The van der Waals surface area contributed by atoms with Gasteiger partial charge in [-0.3, -0.25) is 9.59 Å². The van der Waals surface area contributed by atoms with E-state index < -0.39 is 32.9 Å². The summed E-state index contributed by atoms with van der Waals surface area (Å²) in [5, 5.41) is 0. The minimum absolute atomic E-state index is 0.00464. The summed E-state index contributed by atoms with van der Waals surface area (Å²) in [7, 11) is -3.17. The van der Waals surface area contributed by atoms with E-state index in [2.05, 4.69) is 4.90 Å². The van der Waals surface area contributed by atoms with Crippen molar-refractivity contribution >= 4 is 33.6 Å². The van der Waals surface area contributed by atoms with Crippen LogP contribution in [0.3, 0.4) is 0 Å². The Labute approximate surface area is 258 Å². The van der Waals surface area contributed by atoms with Crippen molar-refractivity contribution in [3.63, 3.8) is 0 Å². The highest BCUT2D eigenvalue weighted by molar-refractivity contribution is 7.88. The molecule has 4 aliphatic carbocycles. The van der Waals surface area contributed by atoms with Gasteiger partial charge >= 0.3 is 6.09 Å². The Balaban J connectivity index is 0.973. The first-order valence-corrected chi connectivity index (χ1v) is 17.8. The average Bonchev–Trinajstić information content (AvgIpc) is 3.24. The molecule has 3 aliphatic heterocycles. The van der Waals surface area contributed by atoms with Gasteiger partial charge in [-0.25, -0.2) is 13.2 Å². The number of nitrogens with two attached hydrogens (primary N) is 2. The summed E-state index contributed by atoms with van der Waals surface area (Å²) in [6.07, 6.45) is 6.22. The molecular formula is C31H43N5O7S. The lowest BCUT2D eigenvalue weighted by atomic mass is 9.42. The van der Waals surface area contributed by atoms with Gasteiger partial charge in [0.05, 0.1) is 17.1 Å². The van der Waals surface area contributed by atoms with Gasteiger partial charge in [0.2, 0.25) is 21.8 Å². The molecule has 7 unspecified atom stereocenters. The number of ether oxygens (including phenoxy) is 2. The van der Waals surface area contributed by atoms with Gasteiger partial charge in [-0.15, -0.1) is 0 Å². The molecule has 1 aromatic carbocycles. The third-order valence-electron chi connectivity index (χ3n) is 11.6. The van der Waals surface area contributed by atoms with Crippen LogP contribution in [0.1, 0.15) is 57.8 Å². The third-order valence-corrected chi connectivity index (χ3v) is 12.9. The van der Waals surface area contributed by atoms with Crippen LogP contribution >= 0.6 is 0 Å². The first kappa shape index (κ1) is 29.6. The van der Waals surface area contributed by atoms with E-state index >= 15 is 0 Å². The van der Waals surface area contributed by atoms with Gasteiger partial charge in [0.25, 0.3) is 0 Å². The van der Waals surface area contributed by atoms with Crippen LogP contribution in [0.25, 0.3) is 0 Å². The molecule has 3 saturated heterocycles. The molecule has 1 aromatic rings. The first-order chi connectivity index (χ1) is 20.9. The lowest BCUT2D eigenvalue weighted by Crippen LogP contribution is -2.68. The summed E-state index contributed by atoms with van der Waals surface area (Å²) in [4.78, 5) is 43.2. The average molecular weight is 630 g/mol. The zero-order chi connectivity index (χ0) is 31.0. The number of rotatable bonds is 7. The number of piperazine rings is 1. The second kappa shape index (κ2) is 10.5. The Hall–Kier alpha value is -3.06. The smallest absolute Gasteiger partial charge is 0.410 e. The van der Waals surface area contributed by atoms with Crippen LogP contribution in [0.5, 0.6) is 5.75 Å². The Bertz CT molecular complexity index is 1430. The number of primary amides is 2. The lowest BCUT2D eigenvalue weighted by molar-refractivity contribution is -0.198. The number of nitrogens with zero attached hydrogens (tertiary/aromatic N) is 3. The summed E-state index contributed by atoms with van der Waals surface area (Å²) in [6, 6.07) is 7.91. The number of carbonyl (C=O) groups excluding carboxylic acids is 3. The lowest BCUT2D eigenvalue weighted by Gasteiger charge is -2.62. The fourth-order valence-electron chi connectivity index (χ4n) is 9.84. The molecule has 44 heavy (non-hydrogen) atoms. The number of piperidine rings is 1. The van der Waals surface area contributed by atoms with Gasteiger partial charge in [-0.05, 0) is 81.0 Å². The Morgan fingerprint density at radius 1 is 0.886 bits per heavy atom. The molecule has 7 aliphatic rings. The molecule has 7 fully saturated rings. The van der Waals surface area contributed by atoms with E-state index in [0.717, 1.165) is 30.7 Å². The van der Waals surface area contributed by atoms with Crippen LogP contribution < -0.4 is 21.1 Å². The molecule has 12 nitrogen and oxygen atoms in total. The van der Waals surface area contributed by atoms with Gasteiger partial charge in [0.1, 0.15) is 18.0 Å². The summed E-state index contributed by atoms with van der Waals surface area (Å²) in [5.74, 6) is 0.00652. The van der Waals surface area contributed by atoms with Crippen LogP contribution in [-0.4, -0.2) is 92.3 Å². The molecule has 0 radical (unpaired) electrons. The fourth-order valence-corrected chi connectivity index (χ4v) is 10.7. The molecule has 3 amide bonds. The van der Waals surface area contributed by atoms with E-state index in [-0.39, 0.29) is 48.4 Å². The summed E-state index contributed by atoms with van der Waals surface area (Å²) in [5.41, 5.74) is 11.1. The number of benzene rings is 1. The largest absolute Gasteiger partial charge is 0.490 e. The Kier molecular flexibility index (Phi) is 7.07. The number of hydrogen-bond donors (Lipinski definition) is 2. The molecule has 4 N–H and O–H groups in total. The molecule has 0 aromatic heterocycles. The van der Waals surface area contributed by atoms with Crippen LogP contribution in [-0.2, 0) is 24.3 Å². The number of sulfonamides is 1. The second-order valence-corrected chi connectivity index (χ2v) is 16.2. The van der Waals surface area contributed by atoms with Crippen molar-refractivity contribution in [3.05, 3.63) is 24.3 Å². The molecule has 13 heteroatoms. The number of hydrogen-bond acceptors (Lipinski definition) is 8. The van der Waals surface area contributed by atoms with Crippen molar-refractivity contribution in [2.45, 2.75) is 82.1 Å². The maximum Gasteiger partial charge on any atom is 0.410 e. The van der Waals surface area contributed by atoms with Crippen LogP contribution in [0.15, 0.2) is 24.3 Å². The zero-order valence-electron chi connectivity index (χ0n) is 25.2. The van der Waals surface area contributed by atoms with Gasteiger partial charge in [-0.2, -0.15) is 4.31 Å². The summed E-state index contributed by atoms with van der Waals surface area (Å²) < 4.78 is 37.8. The molecule has 8 rings (SSSR count). The normalized spacial score (nSPS) is 38.0. The quantitative estimate of drug-likeness (QED) is 0.461. The van der Waals surface area contributed by atoms with Crippen molar-refractivity contribution in [1.82, 2.24) is 9.21 Å². The fraction of sp³-hybridized carbons (Fsp3) is 0.710. The van der Waals surface area contributed by atoms with Gasteiger partial charge in [-0.1, -0.05) is 0 Å². The van der Waals surface area contributed by atoms with E-state index in [0.29, 0.717) is 58.3 Å². The van der Waals surface area contributed by atoms with E-state index in [1.54, 1.807) is 0 Å². The minimum atomic E-state index is -3.17. The molecule has 7 atom stereocenters. The number of fused-ring (bicyclic) bond motifs is 2. The van der Waals surface area contributed by atoms with Crippen LogP contribution in [0.4, 0.5) is 10.5 Å². The summed E-state index contributed by atoms with van der Waals surface area (Å²) >= 11 is 0. The molecular weight excluding hydrogens is 586 g/mol. The van der Waals surface area contributed by atoms with Crippen LogP contribution in [0, 0.1) is 22.7 Å². The second-order valence-electron chi connectivity index (χ2n) is 14.3. The first-order valence-electron chi connectivity index (χ1n) is 15.9. The van der Waals surface area contributed by atoms with E-state index in [1.807, 2.05) is 29.2 Å². The van der Waals surface area contributed by atoms with E-state index in [9.17, 15) is 22.8 Å². The highest BCUT2D eigenvalue weighted by Gasteiger charge is 2.68. The molecule has 3 heterocycles. The highest BCUT2D eigenvalue weighted by Crippen LogP contribution is 2.66. The predicted octanol–water partition coefficient (Wildman–Crippen LogP) is 1.81. The Morgan fingerprint density at radius 3 is 2.14 bits per heavy atom. The maximum atomic E-state index is 13.7. The van der Waals surface area contributed by atoms with Crippen LogP contribution in [0.2, 0.25) is 0 Å². The predicted molar refractivity (Wildman–Crippen MR) is 161 cm³/mol. The van der Waals surface area contributed by atoms with Gasteiger partial charge in [0, 0.05) is 56.8 Å². The van der Waals surface area contributed by atoms with Crippen molar-refractivity contribution in [2.24, 2.45) is 34.1 Å². The molecule has 0 spiro atoms. The maximum absolute atomic E-state index is 13.7. The van der Waals surface area contributed by atoms with Crippen molar-refractivity contribution in [3.8, 4) is 5.75 Å². The summed E-state index contributed by atoms with van der Waals surface area (Å²) in [6.45, 7) is 2.22. The highest BCUT2D eigenvalue weighted by atomic mass is 32.2. The third kappa shape index (κ3) is 4.90.